The third-order valence-corrected chi connectivity index (χ3v) is 4.07. The van der Waals surface area contributed by atoms with Crippen LogP contribution in [0.3, 0.4) is 0 Å². The summed E-state index contributed by atoms with van der Waals surface area (Å²) in [5.41, 5.74) is 3.06. The maximum atomic E-state index is 9.47. The number of hydrogen-bond acceptors (Lipinski definition) is 4. The van der Waals surface area contributed by atoms with Gasteiger partial charge in [-0.15, -0.1) is 29.7 Å². The number of oxazole rings is 1. The van der Waals surface area contributed by atoms with Crippen molar-refractivity contribution < 1.29 is 27.9 Å². The quantitative estimate of drug-likeness (QED) is 0.287. The number of halogens is 1. The summed E-state index contributed by atoms with van der Waals surface area (Å²) in [5, 5.41) is 2.18. The summed E-state index contributed by atoms with van der Waals surface area (Å²) >= 11 is 0.639. The van der Waals surface area contributed by atoms with Crippen LogP contribution in [-0.4, -0.2) is 15.0 Å². The topological polar surface area (TPSA) is 51.8 Å². The molecule has 0 fully saturated rings. The molecule has 0 aliphatic carbocycles. The molecule has 2 aromatic heterocycles. The van der Waals surface area contributed by atoms with Crippen molar-refractivity contribution in [2.24, 2.45) is 0 Å². The van der Waals surface area contributed by atoms with Crippen molar-refractivity contribution >= 4 is 21.9 Å². The summed E-state index contributed by atoms with van der Waals surface area (Å²) in [6.07, 6.45) is 1.72. The predicted octanol–water partition coefficient (Wildman–Crippen LogP) is 5.32. The Labute approximate surface area is 166 Å². The first-order valence-corrected chi connectivity index (χ1v) is 8.95. The summed E-state index contributed by atoms with van der Waals surface area (Å²) in [5.74, 6) is 1.09. The summed E-state index contributed by atoms with van der Waals surface area (Å²) in [7, 11) is 0. The van der Waals surface area contributed by atoms with Crippen LogP contribution >= 0.6 is 0 Å². The van der Waals surface area contributed by atoms with Gasteiger partial charge in [-0.05, 0) is 18.2 Å². The first-order chi connectivity index (χ1) is 13.4. The molecule has 0 saturated heterocycles. The van der Waals surface area contributed by atoms with E-state index in [4.69, 9.17) is 4.42 Å². The van der Waals surface area contributed by atoms with Gasteiger partial charge in [0.05, 0.1) is 5.82 Å². The van der Waals surface area contributed by atoms with Crippen LogP contribution in [0, 0.1) is 6.07 Å². The number of rotatable bonds is 2. The normalized spacial score (nSPS) is 10.6. The minimum atomic E-state index is 0.491. The molecule has 27 heavy (non-hydrogen) atoms. The average molecular weight is 536 g/mol. The van der Waals surface area contributed by atoms with Crippen LogP contribution in [0.5, 0.6) is 0 Å². The first-order valence-electron chi connectivity index (χ1n) is 8.09. The van der Waals surface area contributed by atoms with Crippen LogP contribution in [0.25, 0.3) is 44.8 Å². The second-order valence-electron chi connectivity index (χ2n) is 5.71. The van der Waals surface area contributed by atoms with E-state index in [1.165, 1.54) is 0 Å². The molecule has 0 amide bonds. The Morgan fingerprint density at radius 1 is 0.852 bits per heavy atom. The summed E-state index contributed by atoms with van der Waals surface area (Å²) in [4.78, 5) is 13.5. The number of para-hydroxylation sites is 2. The van der Waals surface area contributed by atoms with Crippen LogP contribution in [-0.2, 0) is 20.3 Å². The standard InChI is InChI=1S/C21H12N3O.FH.Pt/c1-2-6-15-13-16(10-9-14(15)5-1)20-22-12-11-18(23-20)21-24-17-7-3-4-8-19(17)25-21;;/h1-12H;1H;/q-1;;+2/p-1. The first kappa shape index (κ1) is 17.5. The van der Waals surface area contributed by atoms with Crippen LogP contribution in [0.2, 0.25) is 0 Å². The van der Waals surface area contributed by atoms with Crippen molar-refractivity contribution in [2.45, 2.75) is 0 Å². The van der Waals surface area contributed by atoms with Crippen LogP contribution in [0.1, 0.15) is 0 Å². The molecule has 2 heterocycles. The molecule has 5 rings (SSSR count). The molecule has 5 aromatic rings. The summed E-state index contributed by atoms with van der Waals surface area (Å²) in [6.45, 7) is 0. The zero-order chi connectivity index (χ0) is 18.6. The van der Waals surface area contributed by atoms with Crippen molar-refractivity contribution in [3.05, 3.63) is 79.0 Å². The average Bonchev–Trinajstić information content (AvgIpc) is 3.19. The summed E-state index contributed by atoms with van der Waals surface area (Å²) in [6, 6.07) is 25.0. The van der Waals surface area contributed by atoms with Crippen molar-refractivity contribution in [3.8, 4) is 23.0 Å². The Bertz CT molecular complexity index is 1190. The monoisotopic (exact) mass is 536 g/mol. The van der Waals surface area contributed by atoms with Crippen LogP contribution < -0.4 is 0 Å². The van der Waals surface area contributed by atoms with E-state index in [1.54, 1.807) is 12.3 Å². The zero-order valence-electron chi connectivity index (χ0n) is 13.9. The van der Waals surface area contributed by atoms with E-state index in [0.717, 1.165) is 27.4 Å². The van der Waals surface area contributed by atoms with Gasteiger partial charge in [-0.25, -0.2) is 4.98 Å². The number of nitrogens with zero attached hydrogens (tertiary/aromatic N) is 3. The number of hydrogen-bond donors (Lipinski definition) is 0. The molecular weight excluding hydrogens is 524 g/mol. The third-order valence-electron chi connectivity index (χ3n) is 4.07. The molecule has 134 valence electrons. The number of fused-ring (bicyclic) bond motifs is 2. The van der Waals surface area contributed by atoms with Gasteiger partial charge in [0.2, 0.25) is 5.89 Å². The third kappa shape index (κ3) is 3.51. The maximum Gasteiger partial charge on any atom is 0.245 e. The summed E-state index contributed by atoms with van der Waals surface area (Å²) < 4.78 is 15.3. The predicted molar refractivity (Wildman–Crippen MR) is 97.9 cm³/mol. The molecule has 0 saturated carbocycles. The Balaban J connectivity index is 0.000000872. The number of aromatic nitrogens is 3. The van der Waals surface area contributed by atoms with Crippen molar-refractivity contribution in [1.29, 1.82) is 0 Å². The molecule has 0 radical (unpaired) electrons. The molecule has 0 aliphatic heterocycles. The fourth-order valence-electron chi connectivity index (χ4n) is 2.84. The fourth-order valence-corrected chi connectivity index (χ4v) is 2.84. The van der Waals surface area contributed by atoms with Crippen molar-refractivity contribution in [2.75, 3.05) is 0 Å². The van der Waals surface area contributed by atoms with E-state index in [1.807, 2.05) is 48.5 Å². The van der Waals surface area contributed by atoms with Gasteiger partial charge in [0.25, 0.3) is 0 Å². The van der Waals surface area contributed by atoms with E-state index < -0.39 is 0 Å². The van der Waals surface area contributed by atoms with Gasteiger partial charge in [-0.3, -0.25) is 9.97 Å². The molecule has 0 spiro atoms. The van der Waals surface area contributed by atoms with Gasteiger partial charge in [0.1, 0.15) is 11.2 Å². The van der Waals surface area contributed by atoms with Crippen molar-refractivity contribution in [3.63, 3.8) is 0 Å². The van der Waals surface area contributed by atoms with Gasteiger partial charge in [0.15, 0.2) is 5.58 Å². The Hall–Kier alpha value is -2.91. The molecule has 6 heteroatoms. The molecule has 0 atom stereocenters. The molecule has 0 unspecified atom stereocenters. The molecule has 0 aliphatic rings. The van der Waals surface area contributed by atoms with E-state index >= 15 is 0 Å². The Morgan fingerprint density at radius 3 is 2.56 bits per heavy atom. The minimum Gasteiger partial charge on any atom is -0.435 e. The smallest absolute Gasteiger partial charge is 0.245 e. The van der Waals surface area contributed by atoms with Crippen LogP contribution in [0.15, 0.2) is 77.3 Å². The van der Waals surface area contributed by atoms with E-state index in [9.17, 15) is 3.16 Å². The van der Waals surface area contributed by atoms with E-state index in [2.05, 4.69) is 33.2 Å². The molecule has 0 N–H and O–H groups in total. The maximum absolute atomic E-state index is 9.47. The SMILES string of the molecule is [F][Pt+].[c-]1c(-c2nccc(-c3nc4ccccc4o3)n2)ccc2ccccc12. The van der Waals surface area contributed by atoms with E-state index in [-0.39, 0.29) is 0 Å². The molecule has 0 bridgehead atoms. The van der Waals surface area contributed by atoms with Gasteiger partial charge in [0, 0.05) is 6.20 Å². The fraction of sp³-hybridized carbons (Fsp3) is 0. The zero-order valence-corrected chi connectivity index (χ0v) is 16.1. The Kier molecular flexibility index (Phi) is 5.03. The second kappa shape index (κ2) is 7.76. The minimum absolute atomic E-state index is 0.491. The molecule has 3 aromatic carbocycles. The molecular formula is C21H12FN3OPt. The van der Waals surface area contributed by atoms with Crippen molar-refractivity contribution in [1.82, 2.24) is 15.0 Å². The Morgan fingerprint density at radius 2 is 1.67 bits per heavy atom. The largest absolute Gasteiger partial charge is 0.435 e. The van der Waals surface area contributed by atoms with Gasteiger partial charge in [-0.1, -0.05) is 41.3 Å². The van der Waals surface area contributed by atoms with Gasteiger partial charge >= 0.3 is 23.5 Å². The molecule has 4 nitrogen and oxygen atoms in total. The van der Waals surface area contributed by atoms with Gasteiger partial charge in [-0.2, -0.15) is 0 Å². The number of benzene rings is 3. The second-order valence-corrected chi connectivity index (χ2v) is 5.71. The van der Waals surface area contributed by atoms with Gasteiger partial charge < -0.3 is 4.42 Å². The van der Waals surface area contributed by atoms with Crippen LogP contribution in [0.4, 0.5) is 3.16 Å². The van der Waals surface area contributed by atoms with E-state index in [0.29, 0.717) is 37.7 Å².